The van der Waals surface area contributed by atoms with Gasteiger partial charge in [0.05, 0.1) is 11.9 Å². The molecule has 1 amide bonds. The number of amides is 1. The van der Waals surface area contributed by atoms with Gasteiger partial charge < -0.3 is 14.8 Å². The van der Waals surface area contributed by atoms with E-state index in [1.165, 1.54) is 0 Å². The van der Waals surface area contributed by atoms with Crippen molar-refractivity contribution >= 4 is 16.2 Å². The summed E-state index contributed by atoms with van der Waals surface area (Å²) in [6.45, 7) is 8.83. The number of carbonyl (C=O) groups excluding carboxylic acids is 1. The van der Waals surface area contributed by atoms with Crippen LogP contribution in [-0.4, -0.2) is 49.7 Å². The first kappa shape index (κ1) is 24.2. The summed E-state index contributed by atoms with van der Waals surface area (Å²) in [6.07, 6.45) is 5.97. The fraction of sp³-hybridized carbons (Fsp3) is 0.947. The predicted molar refractivity (Wildman–Crippen MR) is 105 cm³/mol. The summed E-state index contributed by atoms with van der Waals surface area (Å²) < 4.78 is 41.4. The van der Waals surface area contributed by atoms with E-state index in [4.69, 9.17) is 14.0 Å². The Kier molecular flexibility index (Phi) is 10.0. The highest BCUT2D eigenvalue weighted by Crippen LogP contribution is 2.27. The molecule has 0 spiro atoms. The van der Waals surface area contributed by atoms with Crippen molar-refractivity contribution in [2.24, 2.45) is 5.41 Å². The van der Waals surface area contributed by atoms with Gasteiger partial charge in [-0.1, -0.05) is 34.1 Å². The van der Waals surface area contributed by atoms with Gasteiger partial charge in [0.15, 0.2) is 0 Å². The minimum Gasteiger partial charge on any atom is -0.446 e. The van der Waals surface area contributed by atoms with Crippen LogP contribution in [0.2, 0.25) is 0 Å². The minimum absolute atomic E-state index is 0.0752. The number of ether oxygens (including phenoxy) is 2. The van der Waals surface area contributed by atoms with Crippen molar-refractivity contribution in [3.63, 3.8) is 0 Å². The van der Waals surface area contributed by atoms with Gasteiger partial charge in [-0.2, -0.15) is 8.42 Å². The highest BCUT2D eigenvalue weighted by atomic mass is 32.2. The normalized spacial score (nSPS) is 22.3. The first-order chi connectivity index (χ1) is 12.5. The van der Waals surface area contributed by atoms with Gasteiger partial charge in [-0.25, -0.2) is 4.79 Å². The fourth-order valence-corrected chi connectivity index (χ4v) is 3.84. The Morgan fingerprint density at radius 2 is 1.81 bits per heavy atom. The standard InChI is InChI=1S/C19H37NO6S/c1-5-8-17(19(2,3)4)26-18(21)20-15-9-11-16(12-10-15)25-13-6-7-14-27(22,23)24/h15-17H,5-14H2,1-4H3,(H,20,21)(H,22,23,24). The molecule has 160 valence electrons. The van der Waals surface area contributed by atoms with E-state index >= 15 is 0 Å². The van der Waals surface area contributed by atoms with E-state index in [2.05, 4.69) is 33.0 Å². The Bertz CT molecular complexity index is 535. The lowest BCUT2D eigenvalue weighted by Gasteiger charge is -2.32. The van der Waals surface area contributed by atoms with E-state index in [1.807, 2.05) is 0 Å². The smallest absolute Gasteiger partial charge is 0.407 e. The molecule has 8 heteroatoms. The van der Waals surface area contributed by atoms with Gasteiger partial charge in [-0.05, 0) is 50.4 Å². The summed E-state index contributed by atoms with van der Waals surface area (Å²) in [7, 11) is -3.88. The highest BCUT2D eigenvalue weighted by Gasteiger charge is 2.29. The van der Waals surface area contributed by atoms with Crippen molar-refractivity contribution in [1.82, 2.24) is 5.32 Å². The van der Waals surface area contributed by atoms with Gasteiger partial charge in [0.25, 0.3) is 10.1 Å². The van der Waals surface area contributed by atoms with Crippen LogP contribution in [-0.2, 0) is 19.6 Å². The third-order valence-corrected chi connectivity index (χ3v) is 5.72. The summed E-state index contributed by atoms with van der Waals surface area (Å²) in [5, 5.41) is 2.98. The van der Waals surface area contributed by atoms with E-state index in [-0.39, 0.29) is 35.5 Å². The number of rotatable bonds is 10. The van der Waals surface area contributed by atoms with Crippen molar-refractivity contribution in [3.05, 3.63) is 0 Å². The summed E-state index contributed by atoms with van der Waals surface area (Å²) >= 11 is 0. The van der Waals surface area contributed by atoms with E-state index in [0.29, 0.717) is 19.4 Å². The summed E-state index contributed by atoms with van der Waals surface area (Å²) in [6, 6.07) is 0.110. The molecule has 1 aliphatic carbocycles. The van der Waals surface area contributed by atoms with Gasteiger partial charge in [0.2, 0.25) is 0 Å². The molecule has 0 bridgehead atoms. The van der Waals surface area contributed by atoms with Crippen LogP contribution < -0.4 is 5.32 Å². The average Bonchev–Trinajstić information content (AvgIpc) is 2.54. The molecular formula is C19H37NO6S. The number of nitrogens with one attached hydrogen (secondary N) is 1. The molecule has 0 aromatic carbocycles. The summed E-state index contributed by atoms with van der Waals surface area (Å²) in [5.41, 5.74) is -0.0752. The maximum Gasteiger partial charge on any atom is 0.407 e. The van der Waals surface area contributed by atoms with E-state index < -0.39 is 10.1 Å². The second-order valence-corrected chi connectivity index (χ2v) is 10.1. The van der Waals surface area contributed by atoms with Gasteiger partial charge in [0, 0.05) is 12.6 Å². The molecule has 0 aromatic rings. The van der Waals surface area contributed by atoms with Crippen LogP contribution in [0, 0.1) is 5.41 Å². The predicted octanol–water partition coefficient (Wildman–Crippen LogP) is 3.92. The number of hydrogen-bond donors (Lipinski definition) is 2. The molecule has 0 radical (unpaired) electrons. The van der Waals surface area contributed by atoms with Crippen LogP contribution in [0.15, 0.2) is 0 Å². The van der Waals surface area contributed by atoms with Crippen LogP contribution in [0.5, 0.6) is 0 Å². The zero-order valence-electron chi connectivity index (χ0n) is 17.2. The Balaban J connectivity index is 2.23. The van der Waals surface area contributed by atoms with Crippen LogP contribution in [0.1, 0.15) is 79.1 Å². The number of carbonyl (C=O) groups is 1. The molecule has 0 aliphatic heterocycles. The number of unbranched alkanes of at least 4 members (excludes halogenated alkanes) is 1. The Morgan fingerprint density at radius 1 is 1.19 bits per heavy atom. The van der Waals surface area contributed by atoms with E-state index in [1.54, 1.807) is 0 Å². The second kappa shape index (κ2) is 11.2. The maximum atomic E-state index is 12.2. The largest absolute Gasteiger partial charge is 0.446 e. The average molecular weight is 408 g/mol. The molecule has 7 nitrogen and oxygen atoms in total. The monoisotopic (exact) mass is 407 g/mol. The summed E-state index contributed by atoms with van der Waals surface area (Å²) in [5.74, 6) is -0.220. The zero-order valence-corrected chi connectivity index (χ0v) is 18.0. The number of hydrogen-bond acceptors (Lipinski definition) is 5. The van der Waals surface area contributed by atoms with E-state index in [0.717, 1.165) is 38.5 Å². The molecular weight excluding hydrogens is 370 g/mol. The molecule has 1 aliphatic rings. The van der Waals surface area contributed by atoms with Crippen LogP contribution in [0.25, 0.3) is 0 Å². The SMILES string of the molecule is CCCC(OC(=O)NC1CCC(OCCCCS(=O)(=O)O)CC1)C(C)(C)C. The molecule has 1 atom stereocenters. The Hall–Kier alpha value is -0.860. The second-order valence-electron chi connectivity index (χ2n) is 8.53. The molecule has 27 heavy (non-hydrogen) atoms. The molecule has 1 rings (SSSR count). The maximum absolute atomic E-state index is 12.2. The molecule has 0 heterocycles. The van der Waals surface area contributed by atoms with Crippen LogP contribution >= 0.6 is 0 Å². The third-order valence-electron chi connectivity index (χ3n) is 4.91. The van der Waals surface area contributed by atoms with Crippen molar-refractivity contribution in [1.29, 1.82) is 0 Å². The highest BCUT2D eigenvalue weighted by molar-refractivity contribution is 7.85. The lowest BCUT2D eigenvalue weighted by atomic mass is 9.86. The van der Waals surface area contributed by atoms with Crippen molar-refractivity contribution < 1.29 is 27.2 Å². The fourth-order valence-electron chi connectivity index (χ4n) is 3.27. The quantitative estimate of drug-likeness (QED) is 0.420. The van der Waals surface area contributed by atoms with Gasteiger partial charge in [0.1, 0.15) is 6.10 Å². The third kappa shape index (κ3) is 10.9. The molecule has 1 fully saturated rings. The first-order valence-electron chi connectivity index (χ1n) is 10.0. The molecule has 0 aromatic heterocycles. The van der Waals surface area contributed by atoms with Crippen LogP contribution in [0.4, 0.5) is 4.79 Å². The number of alkyl carbamates (subject to hydrolysis) is 1. The van der Waals surface area contributed by atoms with E-state index in [9.17, 15) is 13.2 Å². The Morgan fingerprint density at radius 3 is 2.33 bits per heavy atom. The summed E-state index contributed by atoms with van der Waals surface area (Å²) in [4.78, 5) is 12.2. The van der Waals surface area contributed by atoms with Crippen LogP contribution in [0.3, 0.4) is 0 Å². The molecule has 0 saturated heterocycles. The minimum atomic E-state index is -3.88. The lowest BCUT2D eigenvalue weighted by Crippen LogP contribution is -2.42. The van der Waals surface area contributed by atoms with Crippen molar-refractivity contribution in [2.45, 2.75) is 97.3 Å². The van der Waals surface area contributed by atoms with Crippen molar-refractivity contribution in [2.75, 3.05) is 12.4 Å². The topological polar surface area (TPSA) is 102 Å². The zero-order chi connectivity index (χ0) is 20.5. The Labute approximate surface area is 164 Å². The van der Waals surface area contributed by atoms with Gasteiger partial charge in [-0.3, -0.25) is 4.55 Å². The van der Waals surface area contributed by atoms with Crippen molar-refractivity contribution in [3.8, 4) is 0 Å². The van der Waals surface area contributed by atoms with Gasteiger partial charge in [-0.15, -0.1) is 0 Å². The van der Waals surface area contributed by atoms with Gasteiger partial charge >= 0.3 is 6.09 Å². The molecule has 2 N–H and O–H groups in total. The first-order valence-corrected chi connectivity index (χ1v) is 11.7. The molecule has 1 unspecified atom stereocenters. The molecule has 1 saturated carbocycles. The lowest BCUT2D eigenvalue weighted by molar-refractivity contribution is 0.0111.